The molecule has 0 saturated heterocycles. The molecule has 0 fully saturated rings. The Balaban J connectivity index is 2.66. The van der Waals surface area contributed by atoms with Crippen molar-refractivity contribution in [1.82, 2.24) is 4.57 Å². The van der Waals surface area contributed by atoms with Gasteiger partial charge in [0, 0.05) is 11.5 Å². The van der Waals surface area contributed by atoms with E-state index in [2.05, 4.69) is 0 Å². The van der Waals surface area contributed by atoms with Gasteiger partial charge in [-0.2, -0.15) is 0 Å². The van der Waals surface area contributed by atoms with Crippen LogP contribution in [0.4, 0.5) is 0 Å². The third-order valence-corrected chi connectivity index (χ3v) is 3.18. The Labute approximate surface area is 111 Å². The van der Waals surface area contributed by atoms with Crippen molar-refractivity contribution >= 4 is 16.9 Å². The fourth-order valence-electron chi connectivity index (χ4n) is 2.24. The molecule has 0 spiro atoms. The van der Waals surface area contributed by atoms with E-state index < -0.39 is 12.0 Å². The molecule has 0 radical (unpaired) electrons. The highest BCUT2D eigenvalue weighted by molar-refractivity contribution is 5.84. The molecule has 4 nitrogen and oxygen atoms in total. The molecule has 0 amide bonds. The van der Waals surface area contributed by atoms with Gasteiger partial charge in [-0.25, -0.2) is 4.79 Å². The summed E-state index contributed by atoms with van der Waals surface area (Å²) >= 11 is 0. The summed E-state index contributed by atoms with van der Waals surface area (Å²) in [6, 6.07) is 8.49. The molecule has 0 aliphatic carbocycles. The van der Waals surface area contributed by atoms with Gasteiger partial charge in [0.15, 0.2) is 0 Å². The lowest BCUT2D eigenvalue weighted by molar-refractivity contribution is -0.146. The van der Waals surface area contributed by atoms with E-state index in [1.54, 1.807) is 19.9 Å². The zero-order valence-electron chi connectivity index (χ0n) is 11.3. The molecule has 0 aliphatic heterocycles. The second-order valence-corrected chi connectivity index (χ2v) is 4.48. The van der Waals surface area contributed by atoms with Crippen molar-refractivity contribution in [2.45, 2.75) is 26.8 Å². The van der Waals surface area contributed by atoms with Gasteiger partial charge >= 0.3 is 5.97 Å². The van der Waals surface area contributed by atoms with E-state index in [0.29, 0.717) is 6.61 Å². The standard InChI is InChI=1S/C15H17NO3/c1-4-19-15(18)11(3)16-13-8-6-5-7-12(13)10(2)9-14(16)17/h5-9,11H,4H2,1-3H3/t11-/m0/s1. The first kappa shape index (κ1) is 13.3. The number of hydrogen-bond donors (Lipinski definition) is 0. The maximum atomic E-state index is 12.2. The van der Waals surface area contributed by atoms with Gasteiger partial charge < -0.3 is 4.74 Å². The van der Waals surface area contributed by atoms with Crippen LogP contribution < -0.4 is 5.56 Å². The van der Waals surface area contributed by atoms with Crippen LogP contribution >= 0.6 is 0 Å². The number of aromatic nitrogens is 1. The Hall–Kier alpha value is -2.10. The van der Waals surface area contributed by atoms with Crippen LogP contribution in [0.3, 0.4) is 0 Å². The molecule has 2 aromatic rings. The summed E-state index contributed by atoms with van der Waals surface area (Å²) in [5.74, 6) is -0.390. The summed E-state index contributed by atoms with van der Waals surface area (Å²) in [6.45, 7) is 5.63. The van der Waals surface area contributed by atoms with Crippen molar-refractivity contribution in [1.29, 1.82) is 0 Å². The SMILES string of the molecule is CCOC(=O)[C@H](C)n1c(=O)cc(C)c2ccccc21. The first-order valence-corrected chi connectivity index (χ1v) is 6.33. The van der Waals surface area contributed by atoms with Crippen molar-refractivity contribution in [2.75, 3.05) is 6.61 Å². The molecule has 100 valence electrons. The van der Waals surface area contributed by atoms with Crippen LogP contribution in [-0.2, 0) is 9.53 Å². The molecule has 2 rings (SSSR count). The molecule has 1 aromatic carbocycles. The molecule has 4 heteroatoms. The quantitative estimate of drug-likeness (QED) is 0.795. The zero-order valence-corrected chi connectivity index (χ0v) is 11.3. The molecule has 1 aromatic heterocycles. The van der Waals surface area contributed by atoms with Crippen LogP contribution in [0.2, 0.25) is 0 Å². The lowest BCUT2D eigenvalue weighted by Gasteiger charge is -2.17. The van der Waals surface area contributed by atoms with E-state index in [1.165, 1.54) is 4.57 Å². The fourth-order valence-corrected chi connectivity index (χ4v) is 2.24. The molecule has 0 saturated carbocycles. The number of aryl methyl sites for hydroxylation is 1. The van der Waals surface area contributed by atoms with E-state index in [1.807, 2.05) is 31.2 Å². The largest absolute Gasteiger partial charge is 0.464 e. The topological polar surface area (TPSA) is 48.3 Å². The predicted molar refractivity (Wildman–Crippen MR) is 74.3 cm³/mol. The highest BCUT2D eigenvalue weighted by atomic mass is 16.5. The number of ether oxygens (including phenoxy) is 1. The van der Waals surface area contributed by atoms with Crippen LogP contribution in [0, 0.1) is 6.92 Å². The lowest BCUT2D eigenvalue weighted by Crippen LogP contribution is -2.29. The van der Waals surface area contributed by atoms with Crippen molar-refractivity contribution in [3.63, 3.8) is 0 Å². The molecule has 0 N–H and O–H groups in total. The van der Waals surface area contributed by atoms with Crippen LogP contribution in [0.5, 0.6) is 0 Å². The van der Waals surface area contributed by atoms with Crippen molar-refractivity contribution in [2.24, 2.45) is 0 Å². The molecular formula is C15H17NO3. The number of carbonyl (C=O) groups is 1. The van der Waals surface area contributed by atoms with E-state index in [-0.39, 0.29) is 5.56 Å². The van der Waals surface area contributed by atoms with Crippen LogP contribution in [0.1, 0.15) is 25.5 Å². The number of nitrogens with zero attached hydrogens (tertiary/aromatic N) is 1. The number of para-hydroxylation sites is 1. The van der Waals surface area contributed by atoms with E-state index >= 15 is 0 Å². The lowest BCUT2D eigenvalue weighted by atomic mass is 10.1. The predicted octanol–water partition coefficient (Wildman–Crippen LogP) is 2.43. The zero-order chi connectivity index (χ0) is 14.0. The first-order chi connectivity index (χ1) is 9.06. The normalized spacial score (nSPS) is 12.4. The summed E-state index contributed by atoms with van der Waals surface area (Å²) < 4.78 is 6.48. The summed E-state index contributed by atoms with van der Waals surface area (Å²) in [4.78, 5) is 24.0. The average Bonchev–Trinajstić information content (AvgIpc) is 2.39. The minimum atomic E-state index is -0.627. The molecule has 0 unspecified atom stereocenters. The maximum Gasteiger partial charge on any atom is 0.328 e. The van der Waals surface area contributed by atoms with Gasteiger partial charge in [0.2, 0.25) is 0 Å². The second-order valence-electron chi connectivity index (χ2n) is 4.48. The number of pyridine rings is 1. The van der Waals surface area contributed by atoms with Crippen LogP contribution in [0.15, 0.2) is 35.1 Å². The van der Waals surface area contributed by atoms with Gasteiger partial charge in [-0.05, 0) is 32.4 Å². The molecule has 0 aliphatic rings. The number of rotatable bonds is 3. The second kappa shape index (κ2) is 5.26. The summed E-state index contributed by atoms with van der Waals surface area (Å²) in [7, 11) is 0. The van der Waals surface area contributed by atoms with E-state index in [0.717, 1.165) is 16.5 Å². The highest BCUT2D eigenvalue weighted by Crippen LogP contribution is 2.19. The fraction of sp³-hybridized carbons (Fsp3) is 0.333. The van der Waals surface area contributed by atoms with Gasteiger partial charge in [-0.1, -0.05) is 18.2 Å². The molecule has 19 heavy (non-hydrogen) atoms. The summed E-state index contributed by atoms with van der Waals surface area (Å²) in [5, 5.41) is 0.971. The minimum Gasteiger partial charge on any atom is -0.464 e. The van der Waals surface area contributed by atoms with Gasteiger partial charge in [-0.15, -0.1) is 0 Å². The number of hydrogen-bond acceptors (Lipinski definition) is 3. The molecular weight excluding hydrogens is 242 g/mol. The third kappa shape index (κ3) is 2.38. The molecule has 0 bridgehead atoms. The number of fused-ring (bicyclic) bond motifs is 1. The molecule has 1 atom stereocenters. The Morgan fingerprint density at radius 3 is 2.74 bits per heavy atom. The molecule has 1 heterocycles. The van der Waals surface area contributed by atoms with Crippen molar-refractivity contribution in [3.05, 3.63) is 46.2 Å². The number of carbonyl (C=O) groups excluding carboxylic acids is 1. The third-order valence-electron chi connectivity index (χ3n) is 3.18. The number of esters is 1. The summed E-state index contributed by atoms with van der Waals surface area (Å²) in [5.41, 5.74) is 1.48. The highest BCUT2D eigenvalue weighted by Gasteiger charge is 2.19. The first-order valence-electron chi connectivity index (χ1n) is 6.33. The Kier molecular flexibility index (Phi) is 3.69. The van der Waals surface area contributed by atoms with Crippen LogP contribution in [0.25, 0.3) is 10.9 Å². The minimum absolute atomic E-state index is 0.184. The van der Waals surface area contributed by atoms with E-state index in [9.17, 15) is 9.59 Å². The smallest absolute Gasteiger partial charge is 0.328 e. The summed E-state index contributed by atoms with van der Waals surface area (Å²) in [6.07, 6.45) is 0. The number of benzene rings is 1. The van der Waals surface area contributed by atoms with Gasteiger partial charge in [-0.3, -0.25) is 9.36 Å². The van der Waals surface area contributed by atoms with Gasteiger partial charge in [0.25, 0.3) is 5.56 Å². The van der Waals surface area contributed by atoms with Crippen molar-refractivity contribution < 1.29 is 9.53 Å². The van der Waals surface area contributed by atoms with Crippen molar-refractivity contribution in [3.8, 4) is 0 Å². The average molecular weight is 259 g/mol. The Bertz CT molecular complexity index is 673. The monoisotopic (exact) mass is 259 g/mol. The Morgan fingerprint density at radius 1 is 1.37 bits per heavy atom. The van der Waals surface area contributed by atoms with Crippen LogP contribution in [-0.4, -0.2) is 17.1 Å². The van der Waals surface area contributed by atoms with E-state index in [4.69, 9.17) is 4.74 Å². The maximum absolute atomic E-state index is 12.2. The van der Waals surface area contributed by atoms with Gasteiger partial charge in [0.1, 0.15) is 6.04 Å². The van der Waals surface area contributed by atoms with Gasteiger partial charge in [0.05, 0.1) is 12.1 Å². The Morgan fingerprint density at radius 2 is 2.05 bits per heavy atom.